The topological polar surface area (TPSA) is 84.5 Å². The molecular weight excluding hydrogens is 400 g/mol. The van der Waals surface area contributed by atoms with Gasteiger partial charge >= 0.3 is 0 Å². The van der Waals surface area contributed by atoms with Crippen molar-refractivity contribution in [3.05, 3.63) is 54.6 Å². The Balaban J connectivity index is 1.31. The number of para-hydroxylation sites is 1. The largest absolute Gasteiger partial charge is 0.484 e. The molecular formula is C23H28N2O4S. The smallest absolute Gasteiger partial charge is 0.262 e. The van der Waals surface area contributed by atoms with E-state index in [2.05, 4.69) is 10.0 Å². The van der Waals surface area contributed by atoms with Crippen molar-refractivity contribution in [2.75, 3.05) is 11.9 Å². The zero-order valence-electron chi connectivity index (χ0n) is 17.1. The van der Waals surface area contributed by atoms with Crippen molar-refractivity contribution in [3.63, 3.8) is 0 Å². The molecule has 1 amide bonds. The van der Waals surface area contributed by atoms with Gasteiger partial charge in [0.15, 0.2) is 6.61 Å². The Kier molecular flexibility index (Phi) is 6.11. The van der Waals surface area contributed by atoms with E-state index >= 15 is 0 Å². The van der Waals surface area contributed by atoms with Gasteiger partial charge < -0.3 is 10.1 Å². The lowest BCUT2D eigenvalue weighted by Crippen LogP contribution is -2.40. The Morgan fingerprint density at radius 2 is 1.80 bits per heavy atom. The minimum absolute atomic E-state index is 0.0696. The third-order valence-corrected chi connectivity index (χ3v) is 7.91. The molecule has 2 bridgehead atoms. The first-order valence-corrected chi connectivity index (χ1v) is 12.0. The minimum Gasteiger partial charge on any atom is -0.484 e. The number of carbonyl (C=O) groups is 1. The fourth-order valence-corrected chi connectivity index (χ4v) is 6.18. The maximum absolute atomic E-state index is 12.8. The van der Waals surface area contributed by atoms with Gasteiger partial charge in [-0.3, -0.25) is 4.79 Å². The fourth-order valence-electron chi connectivity index (χ4n) is 4.89. The minimum atomic E-state index is -3.59. The highest BCUT2D eigenvalue weighted by atomic mass is 32.2. The van der Waals surface area contributed by atoms with Crippen LogP contribution in [0.15, 0.2) is 59.5 Å². The van der Waals surface area contributed by atoms with Crippen molar-refractivity contribution in [2.45, 2.75) is 43.5 Å². The van der Waals surface area contributed by atoms with Crippen LogP contribution in [0.3, 0.4) is 0 Å². The van der Waals surface area contributed by atoms with E-state index in [0.717, 1.165) is 12.3 Å². The van der Waals surface area contributed by atoms with E-state index in [-0.39, 0.29) is 23.5 Å². The molecule has 0 radical (unpaired) electrons. The summed E-state index contributed by atoms with van der Waals surface area (Å²) in [5.74, 6) is 2.17. The van der Waals surface area contributed by atoms with Gasteiger partial charge in [0.1, 0.15) is 5.75 Å². The summed E-state index contributed by atoms with van der Waals surface area (Å²) in [5, 5.41) is 2.72. The number of benzene rings is 2. The summed E-state index contributed by atoms with van der Waals surface area (Å²) in [5.41, 5.74) is 0.525. The van der Waals surface area contributed by atoms with E-state index in [1.165, 1.54) is 31.4 Å². The monoisotopic (exact) mass is 428 g/mol. The highest BCUT2D eigenvalue weighted by molar-refractivity contribution is 7.89. The molecule has 4 atom stereocenters. The van der Waals surface area contributed by atoms with Crippen LogP contribution in [0.2, 0.25) is 0 Å². The zero-order chi connectivity index (χ0) is 21.1. The summed E-state index contributed by atoms with van der Waals surface area (Å²) in [6.45, 7) is 1.86. The lowest BCUT2D eigenvalue weighted by Gasteiger charge is -2.28. The Labute approximate surface area is 178 Å². The van der Waals surface area contributed by atoms with Crippen LogP contribution in [0.1, 0.15) is 32.6 Å². The molecule has 2 saturated carbocycles. The van der Waals surface area contributed by atoms with Crippen molar-refractivity contribution in [2.24, 2.45) is 17.8 Å². The van der Waals surface area contributed by atoms with Crippen LogP contribution in [0.25, 0.3) is 0 Å². The maximum atomic E-state index is 12.8. The highest BCUT2D eigenvalue weighted by Gasteiger charge is 2.42. The number of hydrogen-bond acceptors (Lipinski definition) is 4. The van der Waals surface area contributed by atoms with Crippen LogP contribution < -0.4 is 14.8 Å². The molecule has 6 nitrogen and oxygen atoms in total. The molecule has 0 spiro atoms. The van der Waals surface area contributed by atoms with E-state index < -0.39 is 10.0 Å². The van der Waals surface area contributed by atoms with Crippen molar-refractivity contribution in [1.82, 2.24) is 4.72 Å². The van der Waals surface area contributed by atoms with E-state index in [1.54, 1.807) is 24.3 Å². The Morgan fingerprint density at radius 1 is 1.07 bits per heavy atom. The van der Waals surface area contributed by atoms with Gasteiger partial charge in [-0.2, -0.15) is 0 Å². The average molecular weight is 429 g/mol. The molecule has 0 aliphatic heterocycles. The summed E-state index contributed by atoms with van der Waals surface area (Å²) in [6.07, 6.45) is 4.90. The second-order valence-corrected chi connectivity index (χ2v) is 10.1. The molecule has 2 aromatic carbocycles. The van der Waals surface area contributed by atoms with Gasteiger partial charge in [-0.05, 0) is 80.3 Å². The third kappa shape index (κ3) is 4.84. The number of carbonyl (C=O) groups excluding carboxylic acids is 1. The van der Waals surface area contributed by atoms with Gasteiger partial charge in [0.2, 0.25) is 10.0 Å². The van der Waals surface area contributed by atoms with Crippen LogP contribution >= 0.6 is 0 Å². The Bertz CT molecular complexity index is 976. The first-order chi connectivity index (χ1) is 14.4. The van der Waals surface area contributed by atoms with Crippen molar-refractivity contribution < 1.29 is 17.9 Å². The summed E-state index contributed by atoms with van der Waals surface area (Å²) >= 11 is 0. The number of rotatable bonds is 8. The number of hydrogen-bond donors (Lipinski definition) is 2. The quantitative estimate of drug-likeness (QED) is 0.670. The number of sulfonamides is 1. The first-order valence-electron chi connectivity index (χ1n) is 10.5. The fraction of sp³-hybridized carbons (Fsp3) is 0.435. The van der Waals surface area contributed by atoms with Gasteiger partial charge in [-0.15, -0.1) is 0 Å². The summed E-state index contributed by atoms with van der Waals surface area (Å²) < 4.78 is 33.8. The predicted molar refractivity (Wildman–Crippen MR) is 116 cm³/mol. The van der Waals surface area contributed by atoms with E-state index in [1.807, 2.05) is 25.1 Å². The number of anilines is 1. The molecule has 2 N–H and O–H groups in total. The number of nitrogens with one attached hydrogen (secondary N) is 2. The molecule has 0 unspecified atom stereocenters. The second kappa shape index (κ2) is 8.78. The molecule has 160 valence electrons. The van der Waals surface area contributed by atoms with Crippen LogP contribution in [0.5, 0.6) is 5.75 Å². The SMILES string of the molecule is C[C@@H](NS(=O)(=O)c1ccc(NC(=O)COc2ccccc2)cc1)[C@@H]1C[C@H]2CC[C@H]1C2. The number of amides is 1. The van der Waals surface area contributed by atoms with Crippen molar-refractivity contribution >= 4 is 21.6 Å². The third-order valence-electron chi connectivity index (χ3n) is 6.34. The molecule has 0 heterocycles. The van der Waals surface area contributed by atoms with Gasteiger partial charge in [0.25, 0.3) is 5.91 Å². The molecule has 4 rings (SSSR count). The molecule has 7 heteroatoms. The number of fused-ring (bicyclic) bond motifs is 2. The average Bonchev–Trinajstić information content (AvgIpc) is 3.37. The van der Waals surface area contributed by atoms with Crippen LogP contribution in [0, 0.1) is 17.8 Å². The lowest BCUT2D eigenvalue weighted by atomic mass is 9.84. The predicted octanol–water partition coefficient (Wildman–Crippen LogP) is 3.81. The van der Waals surface area contributed by atoms with E-state index in [9.17, 15) is 13.2 Å². The maximum Gasteiger partial charge on any atom is 0.262 e. The lowest BCUT2D eigenvalue weighted by molar-refractivity contribution is -0.118. The van der Waals surface area contributed by atoms with Crippen LogP contribution in [-0.4, -0.2) is 27.0 Å². The highest BCUT2D eigenvalue weighted by Crippen LogP contribution is 2.49. The summed E-state index contributed by atoms with van der Waals surface area (Å²) in [4.78, 5) is 12.3. The molecule has 2 aliphatic rings. The van der Waals surface area contributed by atoms with Gasteiger partial charge in [0, 0.05) is 11.7 Å². The zero-order valence-corrected chi connectivity index (χ0v) is 17.9. The standard InChI is InChI=1S/C23H28N2O4S/c1-16(22-14-17-7-8-18(22)13-17)25-30(27,28)21-11-9-19(10-12-21)24-23(26)15-29-20-5-3-2-4-6-20/h2-6,9-12,16-18,22,25H,7-8,13-15H2,1H3,(H,24,26)/t16-,17+,18+,22+/m1/s1. The molecule has 30 heavy (non-hydrogen) atoms. The van der Waals surface area contributed by atoms with Crippen LogP contribution in [0.4, 0.5) is 5.69 Å². The van der Waals surface area contributed by atoms with Crippen molar-refractivity contribution in [1.29, 1.82) is 0 Å². The molecule has 0 saturated heterocycles. The van der Waals surface area contributed by atoms with Gasteiger partial charge in [-0.25, -0.2) is 13.1 Å². The first kappa shape index (κ1) is 20.9. The molecule has 2 fully saturated rings. The Morgan fingerprint density at radius 3 is 2.43 bits per heavy atom. The molecule has 2 aliphatic carbocycles. The molecule has 0 aromatic heterocycles. The number of ether oxygens (including phenoxy) is 1. The van der Waals surface area contributed by atoms with E-state index in [0.29, 0.717) is 23.3 Å². The van der Waals surface area contributed by atoms with E-state index in [4.69, 9.17) is 4.74 Å². The normalized spacial score (nSPS) is 23.8. The molecule has 2 aromatic rings. The van der Waals surface area contributed by atoms with Gasteiger partial charge in [0.05, 0.1) is 4.90 Å². The summed E-state index contributed by atoms with van der Waals surface area (Å²) in [7, 11) is -3.59. The second-order valence-electron chi connectivity index (χ2n) is 8.42. The van der Waals surface area contributed by atoms with Gasteiger partial charge in [-0.1, -0.05) is 24.6 Å². The Hall–Kier alpha value is -2.38. The summed E-state index contributed by atoms with van der Waals surface area (Å²) in [6, 6.07) is 15.2. The van der Waals surface area contributed by atoms with Crippen molar-refractivity contribution in [3.8, 4) is 5.75 Å². The van der Waals surface area contributed by atoms with Crippen LogP contribution in [-0.2, 0) is 14.8 Å².